The van der Waals surface area contributed by atoms with Crippen LogP contribution in [0.25, 0.3) is 10.2 Å². The maximum absolute atomic E-state index is 4.86. The Morgan fingerprint density at radius 2 is 2.00 bits per heavy atom. The van der Waals surface area contributed by atoms with Crippen molar-refractivity contribution in [3.8, 4) is 0 Å². The lowest BCUT2D eigenvalue weighted by atomic mass is 9.97. The van der Waals surface area contributed by atoms with E-state index >= 15 is 0 Å². The lowest BCUT2D eigenvalue weighted by Gasteiger charge is -2.30. The molecule has 3 aromatic rings. The number of fused-ring (bicyclic) bond motifs is 1. The summed E-state index contributed by atoms with van der Waals surface area (Å²) in [5.74, 6) is 0.629. The summed E-state index contributed by atoms with van der Waals surface area (Å²) in [6.07, 6.45) is 4.72. The third-order valence-corrected chi connectivity index (χ3v) is 6.85. The Balaban J connectivity index is 1.35. The lowest BCUT2D eigenvalue weighted by molar-refractivity contribution is 0.203. The summed E-state index contributed by atoms with van der Waals surface area (Å²) in [6.45, 7) is 5.53. The quantitative estimate of drug-likeness (QED) is 0.637. The molecule has 3 heterocycles. The van der Waals surface area contributed by atoms with E-state index in [-0.39, 0.29) is 0 Å². The minimum Gasteiger partial charge on any atom is -0.297 e. The van der Waals surface area contributed by atoms with E-state index in [4.69, 9.17) is 9.97 Å². The predicted molar refractivity (Wildman–Crippen MR) is 103 cm³/mol. The highest BCUT2D eigenvalue weighted by atomic mass is 32.1. The number of benzene rings is 1. The molecule has 0 bridgehead atoms. The monoisotopic (exact) mass is 357 g/mol. The molecule has 1 aliphatic rings. The number of para-hydroxylation sites is 1. The average Bonchev–Trinajstić information content (AvgIpc) is 3.22. The minimum absolute atomic E-state index is 0.629. The van der Waals surface area contributed by atoms with E-state index in [1.165, 1.54) is 39.7 Å². The van der Waals surface area contributed by atoms with E-state index in [0.717, 1.165) is 31.6 Å². The lowest BCUT2D eigenvalue weighted by Crippen LogP contribution is -2.32. The fourth-order valence-electron chi connectivity index (χ4n) is 3.38. The summed E-state index contributed by atoms with van der Waals surface area (Å²) in [7, 11) is 0. The second-order valence-corrected chi connectivity index (χ2v) is 8.56. The smallest absolute Gasteiger partial charge is 0.0970 e. The Morgan fingerprint density at radius 1 is 1.17 bits per heavy atom. The van der Waals surface area contributed by atoms with Crippen LogP contribution in [0, 0.1) is 0 Å². The number of hydrogen-bond donors (Lipinski definition) is 0. The highest BCUT2D eigenvalue weighted by molar-refractivity contribution is 7.18. The third-order valence-electron chi connectivity index (χ3n) is 4.70. The Labute approximate surface area is 151 Å². The van der Waals surface area contributed by atoms with Gasteiger partial charge in [0.05, 0.1) is 25.9 Å². The first kappa shape index (κ1) is 16.2. The van der Waals surface area contributed by atoms with Crippen molar-refractivity contribution in [2.45, 2.75) is 45.1 Å². The molecule has 1 fully saturated rings. The first-order chi connectivity index (χ1) is 11.8. The van der Waals surface area contributed by atoms with E-state index in [1.54, 1.807) is 0 Å². The molecule has 0 spiro atoms. The molecule has 1 saturated heterocycles. The number of piperidine rings is 1. The molecule has 2 aromatic heterocycles. The topological polar surface area (TPSA) is 29.0 Å². The normalized spacial score (nSPS) is 16.9. The van der Waals surface area contributed by atoms with E-state index in [9.17, 15) is 0 Å². The Hall–Kier alpha value is -1.30. The molecule has 0 atom stereocenters. The summed E-state index contributed by atoms with van der Waals surface area (Å²) in [5.41, 5.74) is 2.41. The van der Waals surface area contributed by atoms with Crippen LogP contribution in [0.2, 0.25) is 0 Å². The zero-order valence-corrected chi connectivity index (χ0v) is 15.7. The van der Waals surface area contributed by atoms with E-state index in [1.807, 2.05) is 22.7 Å². The van der Waals surface area contributed by atoms with Gasteiger partial charge in [-0.1, -0.05) is 19.1 Å². The molecule has 3 nitrogen and oxygen atoms in total. The van der Waals surface area contributed by atoms with Crippen LogP contribution >= 0.6 is 22.7 Å². The van der Waals surface area contributed by atoms with Gasteiger partial charge in [0.25, 0.3) is 0 Å². The minimum atomic E-state index is 0.629. The molecule has 5 heteroatoms. The zero-order chi connectivity index (χ0) is 16.4. The fourth-order valence-corrected chi connectivity index (χ4v) is 5.41. The summed E-state index contributed by atoms with van der Waals surface area (Å²) in [5, 5.41) is 4.86. The van der Waals surface area contributed by atoms with Crippen molar-refractivity contribution in [2.24, 2.45) is 0 Å². The molecule has 0 amide bonds. The van der Waals surface area contributed by atoms with Gasteiger partial charge in [0.15, 0.2) is 0 Å². The Kier molecular flexibility index (Phi) is 4.92. The molecule has 1 aliphatic heterocycles. The zero-order valence-electron chi connectivity index (χ0n) is 14.1. The number of rotatable bonds is 5. The van der Waals surface area contributed by atoms with Crippen molar-refractivity contribution < 1.29 is 0 Å². The van der Waals surface area contributed by atoms with Gasteiger partial charge >= 0.3 is 0 Å². The molecular weight excluding hydrogens is 334 g/mol. The van der Waals surface area contributed by atoms with Crippen LogP contribution in [0.3, 0.4) is 0 Å². The summed E-state index contributed by atoms with van der Waals surface area (Å²) in [4.78, 5) is 12.2. The fraction of sp³-hybridized carbons (Fsp3) is 0.474. The number of nitrogens with zero attached hydrogens (tertiary/aromatic N) is 3. The van der Waals surface area contributed by atoms with Crippen LogP contribution < -0.4 is 0 Å². The van der Waals surface area contributed by atoms with Gasteiger partial charge in [0.1, 0.15) is 0 Å². The van der Waals surface area contributed by atoms with Crippen molar-refractivity contribution in [1.29, 1.82) is 0 Å². The second kappa shape index (κ2) is 7.30. The molecule has 0 unspecified atom stereocenters. The Morgan fingerprint density at radius 3 is 2.79 bits per heavy atom. The molecule has 4 rings (SSSR count). The van der Waals surface area contributed by atoms with Crippen molar-refractivity contribution in [1.82, 2.24) is 14.9 Å². The van der Waals surface area contributed by atoms with Crippen molar-refractivity contribution in [3.63, 3.8) is 0 Å². The number of thiazole rings is 2. The van der Waals surface area contributed by atoms with Gasteiger partial charge in [-0.15, -0.1) is 22.7 Å². The third kappa shape index (κ3) is 3.53. The first-order valence-electron chi connectivity index (χ1n) is 8.83. The summed E-state index contributed by atoms with van der Waals surface area (Å²) >= 11 is 3.69. The number of aromatic nitrogens is 2. The molecular formula is C19H23N3S2. The SMILES string of the molecule is CCCc1nc(CN2CCC(c3nc4ccccc4s3)CC2)cs1. The van der Waals surface area contributed by atoms with Crippen LogP contribution in [0.15, 0.2) is 29.6 Å². The largest absolute Gasteiger partial charge is 0.297 e. The molecule has 0 saturated carbocycles. The molecule has 1 aromatic carbocycles. The average molecular weight is 358 g/mol. The maximum atomic E-state index is 4.86. The van der Waals surface area contributed by atoms with Crippen LogP contribution in [0.1, 0.15) is 47.8 Å². The molecule has 24 heavy (non-hydrogen) atoms. The molecule has 0 N–H and O–H groups in total. The van der Waals surface area contributed by atoms with E-state index < -0.39 is 0 Å². The van der Waals surface area contributed by atoms with Crippen LogP contribution in [-0.4, -0.2) is 28.0 Å². The first-order valence-corrected chi connectivity index (χ1v) is 10.5. The van der Waals surface area contributed by atoms with Gasteiger partial charge < -0.3 is 0 Å². The number of hydrogen-bond acceptors (Lipinski definition) is 5. The van der Waals surface area contributed by atoms with Crippen molar-refractivity contribution >= 4 is 32.9 Å². The van der Waals surface area contributed by atoms with Gasteiger partial charge in [-0.25, -0.2) is 9.97 Å². The van der Waals surface area contributed by atoms with Crippen LogP contribution in [0.5, 0.6) is 0 Å². The number of likely N-dealkylation sites (tertiary alicyclic amines) is 1. The van der Waals surface area contributed by atoms with Gasteiger partial charge in [-0.2, -0.15) is 0 Å². The summed E-state index contributed by atoms with van der Waals surface area (Å²) in [6, 6.07) is 8.49. The maximum Gasteiger partial charge on any atom is 0.0970 e. The molecule has 0 aliphatic carbocycles. The number of aryl methyl sites for hydroxylation is 1. The van der Waals surface area contributed by atoms with Crippen molar-refractivity contribution in [3.05, 3.63) is 45.4 Å². The standard InChI is InChI=1S/C19H23N3S2/c1-2-5-18-20-15(13-23-18)12-22-10-8-14(9-11-22)19-21-16-6-3-4-7-17(16)24-19/h3-4,6-7,13-14H,2,5,8-12H2,1H3. The van der Waals surface area contributed by atoms with Crippen LogP contribution in [-0.2, 0) is 13.0 Å². The van der Waals surface area contributed by atoms with Crippen molar-refractivity contribution in [2.75, 3.05) is 13.1 Å². The van der Waals surface area contributed by atoms with Gasteiger partial charge in [0, 0.05) is 17.8 Å². The highest BCUT2D eigenvalue weighted by Gasteiger charge is 2.23. The predicted octanol–water partition coefficient (Wildman–Crippen LogP) is 5.08. The van der Waals surface area contributed by atoms with Gasteiger partial charge in [0.2, 0.25) is 0 Å². The van der Waals surface area contributed by atoms with Gasteiger partial charge in [-0.05, 0) is 50.9 Å². The van der Waals surface area contributed by atoms with Crippen LogP contribution in [0.4, 0.5) is 0 Å². The summed E-state index contributed by atoms with van der Waals surface area (Å²) < 4.78 is 1.32. The van der Waals surface area contributed by atoms with E-state index in [2.05, 4.69) is 41.5 Å². The highest BCUT2D eigenvalue weighted by Crippen LogP contribution is 2.34. The molecule has 126 valence electrons. The van der Waals surface area contributed by atoms with Gasteiger partial charge in [-0.3, -0.25) is 4.90 Å². The second-order valence-electron chi connectivity index (χ2n) is 6.55. The Bertz CT molecular complexity index is 767. The van der Waals surface area contributed by atoms with E-state index in [0.29, 0.717) is 5.92 Å². The molecule has 0 radical (unpaired) electrons.